The molecule has 6 heteroatoms. The Bertz CT molecular complexity index is 757. The molecule has 0 unspecified atom stereocenters. The van der Waals surface area contributed by atoms with Crippen LogP contribution in [-0.4, -0.2) is 10.4 Å². The lowest BCUT2D eigenvalue weighted by molar-refractivity contribution is 0.262. The van der Waals surface area contributed by atoms with Crippen molar-refractivity contribution in [2.75, 3.05) is 10.6 Å². The molecule has 0 radical (unpaired) electrons. The van der Waals surface area contributed by atoms with Gasteiger partial charge in [0.05, 0.1) is 4.70 Å². The number of urea groups is 1. The highest BCUT2D eigenvalue weighted by Crippen LogP contribution is 2.29. The number of amides is 2. The van der Waals surface area contributed by atoms with E-state index < -0.39 is 0 Å². The molecule has 0 saturated heterocycles. The van der Waals surface area contributed by atoms with Gasteiger partial charge in [0.15, 0.2) is 5.82 Å². The number of aromatic nitrogens is 1. The first-order chi connectivity index (χ1) is 9.72. The number of nitrogens with one attached hydrogen (secondary N) is 2. The summed E-state index contributed by atoms with van der Waals surface area (Å²) in [6, 6.07) is 14.4. The molecule has 0 aliphatic rings. The molecule has 0 aliphatic carbocycles. The van der Waals surface area contributed by atoms with E-state index in [1.807, 2.05) is 36.4 Å². The van der Waals surface area contributed by atoms with Gasteiger partial charge in [-0.3, -0.25) is 5.32 Å². The molecule has 3 rings (SSSR count). The van der Waals surface area contributed by atoms with Gasteiger partial charge in [-0.1, -0.05) is 29.8 Å². The predicted molar refractivity (Wildman–Crippen MR) is 83.7 cm³/mol. The Labute approximate surface area is 124 Å². The van der Waals surface area contributed by atoms with Crippen LogP contribution in [0.4, 0.5) is 16.3 Å². The maximum Gasteiger partial charge on any atom is 0.324 e. The minimum absolute atomic E-state index is 0.330. The predicted octanol–water partition coefficient (Wildman–Crippen LogP) is 4.59. The van der Waals surface area contributed by atoms with Gasteiger partial charge >= 0.3 is 6.03 Å². The molecule has 0 saturated carbocycles. The molecule has 4 nitrogen and oxygen atoms in total. The molecular weight excluding hydrogens is 294 g/mol. The summed E-state index contributed by atoms with van der Waals surface area (Å²) in [6.07, 6.45) is 0. The number of para-hydroxylation sites is 1. The Kier molecular flexibility index (Phi) is 3.54. The Hall–Kier alpha value is -2.11. The van der Waals surface area contributed by atoms with E-state index in [0.717, 1.165) is 15.8 Å². The number of halogens is 1. The summed E-state index contributed by atoms with van der Waals surface area (Å²) >= 11 is 7.28. The maximum absolute atomic E-state index is 11.9. The van der Waals surface area contributed by atoms with Crippen molar-refractivity contribution in [3.05, 3.63) is 53.6 Å². The van der Waals surface area contributed by atoms with Crippen LogP contribution >= 0.6 is 23.1 Å². The zero-order valence-corrected chi connectivity index (χ0v) is 11.8. The second-order valence-electron chi connectivity index (χ2n) is 4.12. The number of carbonyl (C=O) groups is 1. The molecule has 0 fully saturated rings. The van der Waals surface area contributed by atoms with Crippen LogP contribution in [0, 0.1) is 0 Å². The third-order valence-electron chi connectivity index (χ3n) is 2.70. The topological polar surface area (TPSA) is 54.0 Å². The van der Waals surface area contributed by atoms with Gasteiger partial charge < -0.3 is 5.32 Å². The third-order valence-corrected chi connectivity index (χ3v) is 3.76. The van der Waals surface area contributed by atoms with Gasteiger partial charge in [0.25, 0.3) is 0 Å². The molecule has 1 aromatic heterocycles. The molecular formula is C14H10ClN3OS. The molecule has 0 atom stereocenters. The van der Waals surface area contributed by atoms with Crippen molar-refractivity contribution >= 4 is 50.8 Å². The van der Waals surface area contributed by atoms with E-state index in [1.54, 1.807) is 12.1 Å². The average molecular weight is 304 g/mol. The van der Waals surface area contributed by atoms with Gasteiger partial charge in [-0.2, -0.15) is 4.37 Å². The molecule has 20 heavy (non-hydrogen) atoms. The van der Waals surface area contributed by atoms with Crippen LogP contribution in [-0.2, 0) is 0 Å². The van der Waals surface area contributed by atoms with Crippen molar-refractivity contribution in [1.29, 1.82) is 0 Å². The summed E-state index contributed by atoms with van der Waals surface area (Å²) in [5.74, 6) is 0.515. The van der Waals surface area contributed by atoms with Crippen molar-refractivity contribution in [3.63, 3.8) is 0 Å². The molecule has 3 aromatic rings. The van der Waals surface area contributed by atoms with E-state index in [2.05, 4.69) is 15.0 Å². The van der Waals surface area contributed by atoms with Crippen LogP contribution in [0.1, 0.15) is 0 Å². The number of fused-ring (bicyclic) bond motifs is 1. The van der Waals surface area contributed by atoms with Crippen LogP contribution < -0.4 is 10.6 Å². The number of carbonyl (C=O) groups excluding carboxylic acids is 1. The van der Waals surface area contributed by atoms with Crippen LogP contribution in [0.3, 0.4) is 0 Å². The van der Waals surface area contributed by atoms with Crippen LogP contribution in [0.5, 0.6) is 0 Å². The second-order valence-corrected chi connectivity index (χ2v) is 5.36. The van der Waals surface area contributed by atoms with Crippen LogP contribution in [0.25, 0.3) is 10.1 Å². The van der Waals surface area contributed by atoms with Gasteiger partial charge in [-0.25, -0.2) is 4.79 Å². The van der Waals surface area contributed by atoms with E-state index in [9.17, 15) is 4.79 Å². The highest BCUT2D eigenvalue weighted by atomic mass is 35.5. The van der Waals surface area contributed by atoms with Gasteiger partial charge in [0.2, 0.25) is 0 Å². The maximum atomic E-state index is 11.9. The van der Waals surface area contributed by atoms with Gasteiger partial charge in [0.1, 0.15) is 0 Å². The van der Waals surface area contributed by atoms with Gasteiger partial charge in [-0.05, 0) is 41.9 Å². The molecule has 2 aromatic carbocycles. The number of rotatable bonds is 2. The summed E-state index contributed by atoms with van der Waals surface area (Å²) < 4.78 is 5.21. The first kappa shape index (κ1) is 12.9. The van der Waals surface area contributed by atoms with Gasteiger partial charge in [0, 0.05) is 16.1 Å². The fourth-order valence-electron chi connectivity index (χ4n) is 1.79. The third kappa shape index (κ3) is 2.74. The second kappa shape index (κ2) is 5.48. The first-order valence-corrected chi connectivity index (χ1v) is 7.05. The number of hydrogen-bond donors (Lipinski definition) is 2. The smallest absolute Gasteiger partial charge is 0.308 e. The summed E-state index contributed by atoms with van der Waals surface area (Å²) in [7, 11) is 0. The zero-order valence-electron chi connectivity index (χ0n) is 10.3. The summed E-state index contributed by atoms with van der Waals surface area (Å²) in [6.45, 7) is 0. The molecule has 2 N–H and O–H groups in total. The van der Waals surface area contributed by atoms with Crippen molar-refractivity contribution in [2.45, 2.75) is 0 Å². The van der Waals surface area contributed by atoms with Crippen molar-refractivity contribution < 1.29 is 4.79 Å². The molecule has 1 heterocycles. The van der Waals surface area contributed by atoms with E-state index in [0.29, 0.717) is 10.8 Å². The molecule has 2 amide bonds. The molecule has 0 aliphatic heterocycles. The molecule has 0 bridgehead atoms. The SMILES string of the molecule is O=C(Nc1ccccc1)Nc1nsc2ccc(Cl)cc12. The lowest BCUT2D eigenvalue weighted by Crippen LogP contribution is -2.19. The average Bonchev–Trinajstić information content (AvgIpc) is 2.82. The highest BCUT2D eigenvalue weighted by Gasteiger charge is 2.10. The monoisotopic (exact) mass is 303 g/mol. The lowest BCUT2D eigenvalue weighted by Gasteiger charge is -2.05. The van der Waals surface area contributed by atoms with Crippen molar-refractivity contribution in [2.24, 2.45) is 0 Å². The van der Waals surface area contributed by atoms with Crippen molar-refractivity contribution in [1.82, 2.24) is 4.37 Å². The lowest BCUT2D eigenvalue weighted by atomic mass is 10.2. The van der Waals surface area contributed by atoms with Crippen LogP contribution in [0.2, 0.25) is 5.02 Å². The Morgan fingerprint density at radius 2 is 1.90 bits per heavy atom. The van der Waals surface area contributed by atoms with Crippen molar-refractivity contribution in [3.8, 4) is 0 Å². The van der Waals surface area contributed by atoms with E-state index in [-0.39, 0.29) is 6.03 Å². The Morgan fingerprint density at radius 3 is 2.70 bits per heavy atom. The Balaban J connectivity index is 1.79. The van der Waals surface area contributed by atoms with E-state index >= 15 is 0 Å². The Morgan fingerprint density at radius 1 is 1.10 bits per heavy atom. The van der Waals surface area contributed by atoms with Gasteiger partial charge in [-0.15, -0.1) is 0 Å². The largest absolute Gasteiger partial charge is 0.324 e. The summed E-state index contributed by atoms with van der Waals surface area (Å²) in [5.41, 5.74) is 0.725. The molecule has 0 spiro atoms. The quantitative estimate of drug-likeness (QED) is 0.727. The molecule has 100 valence electrons. The fourth-order valence-corrected chi connectivity index (χ4v) is 2.68. The summed E-state index contributed by atoms with van der Waals surface area (Å²) in [4.78, 5) is 11.9. The number of anilines is 2. The zero-order chi connectivity index (χ0) is 13.9. The first-order valence-electron chi connectivity index (χ1n) is 5.90. The summed E-state index contributed by atoms with van der Waals surface area (Å²) in [5, 5.41) is 6.93. The minimum atomic E-state index is -0.330. The van der Waals surface area contributed by atoms with E-state index in [4.69, 9.17) is 11.6 Å². The van der Waals surface area contributed by atoms with Crippen LogP contribution in [0.15, 0.2) is 48.5 Å². The number of hydrogen-bond acceptors (Lipinski definition) is 3. The normalized spacial score (nSPS) is 10.4. The van der Waals surface area contributed by atoms with E-state index in [1.165, 1.54) is 11.5 Å². The highest BCUT2D eigenvalue weighted by molar-refractivity contribution is 7.13. The standard InChI is InChI=1S/C14H10ClN3OS/c15-9-6-7-12-11(8-9)13(18-20-12)17-14(19)16-10-4-2-1-3-5-10/h1-8H,(H2,16,17,18,19). The fraction of sp³-hybridized carbons (Fsp3) is 0. The number of nitrogens with zero attached hydrogens (tertiary/aromatic N) is 1. The number of benzene rings is 2. The minimum Gasteiger partial charge on any atom is -0.308 e.